The minimum Gasteiger partial charge on any atom is -0.391 e. The van der Waals surface area contributed by atoms with Crippen LogP contribution in [0.3, 0.4) is 0 Å². The first-order chi connectivity index (χ1) is 10.9. The second-order valence-electron chi connectivity index (χ2n) is 4.93. The number of aliphatic hydroxyl groups excluding tert-OH is 1. The van der Waals surface area contributed by atoms with E-state index in [1.165, 1.54) is 11.3 Å². The zero-order chi connectivity index (χ0) is 14.9. The van der Waals surface area contributed by atoms with Crippen LogP contribution in [-0.4, -0.2) is 20.3 Å². The average molecular weight is 307 g/mol. The molecule has 0 radical (unpaired) electrons. The summed E-state index contributed by atoms with van der Waals surface area (Å²) in [6.45, 7) is -0.0236. The first kappa shape index (κ1) is 13.2. The quantitative estimate of drug-likeness (QED) is 0.604. The van der Waals surface area contributed by atoms with Gasteiger partial charge < -0.3 is 5.11 Å². The Morgan fingerprint density at radius 2 is 1.73 bits per heavy atom. The largest absolute Gasteiger partial charge is 0.391 e. The number of hydrogen-bond acceptors (Lipinski definition) is 4. The predicted molar refractivity (Wildman–Crippen MR) is 88.6 cm³/mol. The van der Waals surface area contributed by atoms with Gasteiger partial charge in [0.1, 0.15) is 10.7 Å². The number of hydrogen-bond donors (Lipinski definition) is 2. The summed E-state index contributed by atoms with van der Waals surface area (Å²) in [6.07, 6.45) is 0. The number of aromatic amines is 1. The van der Waals surface area contributed by atoms with Crippen molar-refractivity contribution in [3.63, 3.8) is 0 Å². The zero-order valence-electron chi connectivity index (χ0n) is 11.7. The molecule has 0 aliphatic heterocycles. The highest BCUT2D eigenvalue weighted by Crippen LogP contribution is 2.35. The Labute approximate surface area is 131 Å². The van der Waals surface area contributed by atoms with E-state index in [0.29, 0.717) is 0 Å². The zero-order valence-corrected chi connectivity index (χ0v) is 12.5. The lowest BCUT2D eigenvalue weighted by Gasteiger charge is -1.98. The Hall–Kier alpha value is -2.50. The molecule has 0 unspecified atom stereocenters. The van der Waals surface area contributed by atoms with Gasteiger partial charge in [0.05, 0.1) is 22.7 Å². The number of rotatable bonds is 3. The molecule has 0 amide bonds. The molecule has 4 rings (SSSR count). The standard InChI is InChI=1S/C17H13N3OS/c21-10-14-15(11-6-2-1-3-7-11)18-17(22-14)16-12-8-4-5-9-13(12)19-20-16/h1-9,21H,10H2,(H,19,20). The molecule has 2 aromatic heterocycles. The predicted octanol–water partition coefficient (Wildman–Crippen LogP) is 3.85. The second kappa shape index (κ2) is 5.36. The Kier molecular flexibility index (Phi) is 3.21. The van der Waals surface area contributed by atoms with Gasteiger partial charge in [-0.15, -0.1) is 11.3 Å². The molecule has 4 nitrogen and oxygen atoms in total. The van der Waals surface area contributed by atoms with E-state index in [1.54, 1.807) is 0 Å². The maximum atomic E-state index is 9.65. The van der Waals surface area contributed by atoms with Crippen LogP contribution in [0.5, 0.6) is 0 Å². The van der Waals surface area contributed by atoms with Gasteiger partial charge in [-0.25, -0.2) is 4.98 Å². The SMILES string of the molecule is OCc1sc(-c2n[nH]c3ccccc23)nc1-c1ccccc1. The molecule has 108 valence electrons. The van der Waals surface area contributed by atoms with Crippen molar-refractivity contribution in [1.82, 2.24) is 15.2 Å². The van der Waals surface area contributed by atoms with Gasteiger partial charge in [-0.05, 0) is 6.07 Å². The molecule has 2 aromatic carbocycles. The smallest absolute Gasteiger partial charge is 0.145 e. The average Bonchev–Trinajstić information content (AvgIpc) is 3.19. The number of H-pyrrole nitrogens is 1. The van der Waals surface area contributed by atoms with Crippen molar-refractivity contribution < 1.29 is 5.11 Å². The Morgan fingerprint density at radius 1 is 0.955 bits per heavy atom. The number of thiazole rings is 1. The van der Waals surface area contributed by atoms with E-state index < -0.39 is 0 Å². The maximum absolute atomic E-state index is 9.65. The number of fused-ring (bicyclic) bond motifs is 1. The Bertz CT molecular complexity index is 927. The van der Waals surface area contributed by atoms with Crippen LogP contribution in [0.1, 0.15) is 4.88 Å². The lowest BCUT2D eigenvalue weighted by Crippen LogP contribution is -1.84. The van der Waals surface area contributed by atoms with Gasteiger partial charge in [0.25, 0.3) is 0 Å². The Balaban J connectivity index is 1.89. The van der Waals surface area contributed by atoms with Crippen molar-refractivity contribution >= 4 is 22.2 Å². The monoisotopic (exact) mass is 307 g/mol. The van der Waals surface area contributed by atoms with Crippen molar-refractivity contribution in [2.24, 2.45) is 0 Å². The van der Waals surface area contributed by atoms with E-state index in [2.05, 4.69) is 10.2 Å². The van der Waals surface area contributed by atoms with Gasteiger partial charge in [0, 0.05) is 10.9 Å². The van der Waals surface area contributed by atoms with Gasteiger partial charge in [-0.1, -0.05) is 48.5 Å². The van der Waals surface area contributed by atoms with Crippen LogP contribution in [0.2, 0.25) is 0 Å². The number of benzene rings is 2. The fraction of sp³-hybridized carbons (Fsp3) is 0.0588. The fourth-order valence-electron chi connectivity index (χ4n) is 2.51. The van der Waals surface area contributed by atoms with Crippen LogP contribution < -0.4 is 0 Å². The van der Waals surface area contributed by atoms with Gasteiger partial charge in [-0.3, -0.25) is 5.10 Å². The highest BCUT2D eigenvalue weighted by Gasteiger charge is 2.17. The van der Waals surface area contributed by atoms with E-state index in [-0.39, 0.29) is 6.61 Å². The first-order valence-electron chi connectivity index (χ1n) is 6.96. The van der Waals surface area contributed by atoms with Crippen LogP contribution in [0, 0.1) is 0 Å². The van der Waals surface area contributed by atoms with Crippen LogP contribution in [-0.2, 0) is 6.61 Å². The van der Waals surface area contributed by atoms with Crippen molar-refractivity contribution in [2.75, 3.05) is 0 Å². The van der Waals surface area contributed by atoms with E-state index in [1.807, 2.05) is 54.6 Å². The molecule has 22 heavy (non-hydrogen) atoms. The third-order valence-corrected chi connectivity index (χ3v) is 4.61. The van der Waals surface area contributed by atoms with Gasteiger partial charge >= 0.3 is 0 Å². The van der Waals surface area contributed by atoms with Gasteiger partial charge in [0.15, 0.2) is 0 Å². The second-order valence-corrected chi connectivity index (χ2v) is 6.02. The molecule has 2 heterocycles. The summed E-state index contributed by atoms with van der Waals surface area (Å²) >= 11 is 1.48. The first-order valence-corrected chi connectivity index (χ1v) is 7.78. The van der Waals surface area contributed by atoms with Crippen LogP contribution in [0.15, 0.2) is 54.6 Å². The molecule has 0 saturated carbocycles. The van der Waals surface area contributed by atoms with Crippen molar-refractivity contribution in [3.8, 4) is 22.0 Å². The number of aliphatic hydroxyl groups is 1. The minimum atomic E-state index is -0.0236. The molecule has 0 saturated heterocycles. The number of nitrogens with one attached hydrogen (secondary N) is 1. The van der Waals surface area contributed by atoms with E-state index in [9.17, 15) is 5.11 Å². The molecule has 0 bridgehead atoms. The highest BCUT2D eigenvalue weighted by atomic mass is 32.1. The third-order valence-electron chi connectivity index (χ3n) is 3.56. The molecular formula is C17H13N3OS. The van der Waals surface area contributed by atoms with E-state index in [0.717, 1.165) is 37.7 Å². The maximum Gasteiger partial charge on any atom is 0.145 e. The van der Waals surface area contributed by atoms with Gasteiger partial charge in [-0.2, -0.15) is 5.10 Å². The van der Waals surface area contributed by atoms with Crippen LogP contribution in [0.4, 0.5) is 0 Å². The topological polar surface area (TPSA) is 61.8 Å². The molecule has 0 aliphatic carbocycles. The molecule has 0 atom stereocenters. The molecule has 0 fully saturated rings. The molecule has 2 N–H and O–H groups in total. The third kappa shape index (κ3) is 2.11. The van der Waals surface area contributed by atoms with Gasteiger partial charge in [0.2, 0.25) is 0 Å². The molecule has 4 aromatic rings. The van der Waals surface area contributed by atoms with E-state index >= 15 is 0 Å². The summed E-state index contributed by atoms with van der Waals surface area (Å²) in [5.74, 6) is 0. The van der Waals surface area contributed by atoms with Crippen LogP contribution in [0.25, 0.3) is 32.9 Å². The summed E-state index contributed by atoms with van der Waals surface area (Å²) in [5.41, 5.74) is 3.65. The summed E-state index contributed by atoms with van der Waals surface area (Å²) < 4.78 is 0. The molecular weight excluding hydrogens is 294 g/mol. The van der Waals surface area contributed by atoms with Crippen molar-refractivity contribution in [2.45, 2.75) is 6.61 Å². The van der Waals surface area contributed by atoms with Crippen molar-refractivity contribution in [1.29, 1.82) is 0 Å². The normalized spacial score (nSPS) is 11.1. The number of nitrogens with zero attached hydrogens (tertiary/aromatic N) is 2. The minimum absolute atomic E-state index is 0.0236. The highest BCUT2D eigenvalue weighted by molar-refractivity contribution is 7.15. The summed E-state index contributed by atoms with van der Waals surface area (Å²) in [4.78, 5) is 5.57. The van der Waals surface area contributed by atoms with Crippen molar-refractivity contribution in [3.05, 3.63) is 59.5 Å². The summed E-state index contributed by atoms with van der Waals surface area (Å²) in [6, 6.07) is 17.9. The number of aromatic nitrogens is 3. The number of para-hydroxylation sites is 1. The Morgan fingerprint density at radius 3 is 2.55 bits per heavy atom. The summed E-state index contributed by atoms with van der Waals surface area (Å²) in [7, 11) is 0. The molecule has 5 heteroatoms. The molecule has 0 spiro atoms. The fourth-order valence-corrected chi connectivity index (χ4v) is 3.46. The lowest BCUT2D eigenvalue weighted by atomic mass is 10.1. The summed E-state index contributed by atoms with van der Waals surface area (Å²) in [5, 5.41) is 18.9. The van der Waals surface area contributed by atoms with Crippen LogP contribution >= 0.6 is 11.3 Å². The molecule has 0 aliphatic rings. The lowest BCUT2D eigenvalue weighted by molar-refractivity contribution is 0.286. The van der Waals surface area contributed by atoms with E-state index in [4.69, 9.17) is 4.98 Å².